The van der Waals surface area contributed by atoms with Crippen LogP contribution < -0.4 is 21.7 Å². The predicted octanol–water partition coefficient (Wildman–Crippen LogP) is 6.23. The normalized spacial score (nSPS) is 21.5. The van der Waals surface area contributed by atoms with Crippen molar-refractivity contribution in [1.29, 1.82) is 0 Å². The minimum Gasteiger partial charge on any atom is -0.365 e. The number of nitrogens with two attached hydrogens (primary N) is 1. The number of imidazole rings is 1. The minimum atomic E-state index is -0.470. The van der Waals surface area contributed by atoms with Crippen LogP contribution in [0, 0.1) is 0 Å². The van der Waals surface area contributed by atoms with Crippen LogP contribution in [0.3, 0.4) is 0 Å². The van der Waals surface area contributed by atoms with Gasteiger partial charge >= 0.3 is 6.09 Å². The zero-order chi connectivity index (χ0) is 28.2. The molecule has 6 rings (SSSR count). The van der Waals surface area contributed by atoms with Gasteiger partial charge in [-0.25, -0.2) is 9.78 Å². The maximum Gasteiger partial charge on any atom is 0.430 e. The number of hydroxylamine groups is 2. The lowest BCUT2D eigenvalue weighted by molar-refractivity contribution is -0.106. The van der Waals surface area contributed by atoms with E-state index in [9.17, 15) is 4.79 Å². The van der Waals surface area contributed by atoms with E-state index in [1.165, 1.54) is 12.8 Å². The van der Waals surface area contributed by atoms with Crippen LogP contribution in [0.15, 0.2) is 35.5 Å². The molecule has 1 aromatic carbocycles. The molecule has 43 heavy (non-hydrogen) atoms. The van der Waals surface area contributed by atoms with Crippen LogP contribution >= 0.6 is 36.6 Å². The highest BCUT2D eigenvalue weighted by Gasteiger charge is 2.27. The molecular weight excluding hydrogens is 609 g/mol. The molecule has 0 atom stereocenters. The van der Waals surface area contributed by atoms with Crippen molar-refractivity contribution < 1.29 is 9.63 Å². The fourth-order valence-electron chi connectivity index (χ4n) is 6.19. The zero-order valence-electron chi connectivity index (χ0n) is 24.5. The van der Waals surface area contributed by atoms with Crippen molar-refractivity contribution >= 4 is 71.3 Å². The number of rotatable bonds is 8. The number of amides is 1. The summed E-state index contributed by atoms with van der Waals surface area (Å²) < 4.78 is 2.25. The van der Waals surface area contributed by atoms with Gasteiger partial charge in [0.05, 0.1) is 6.33 Å². The van der Waals surface area contributed by atoms with Gasteiger partial charge in [0, 0.05) is 47.8 Å². The third-order valence-electron chi connectivity index (χ3n) is 8.59. The number of nitrogens with one attached hydrogen (secondary N) is 3. The molecule has 11 nitrogen and oxygen atoms in total. The van der Waals surface area contributed by atoms with E-state index in [1.54, 1.807) is 16.8 Å². The number of benzene rings is 1. The standard InChI is InChI=1S/C29H41N9O2S.2ClH/c1-41-24-12-10-21(11-13-24)34-29(39)40-37-16-14-22(15-17-37)32-26-25-27(38(18-31-25)23-4-2-3-5-23)36-28(35-26)33-20-8-6-19(30)7-9-20;;/h10-13,18-20,22-23H,2-9,14-17,30H2,1H3,(H,34,39)(H2,32,33,35,36);2*1H/t19-,20-;;. The van der Waals surface area contributed by atoms with Crippen LogP contribution in [-0.4, -0.2) is 68.1 Å². The Morgan fingerprint density at radius 2 is 1.60 bits per heavy atom. The molecule has 0 unspecified atom stereocenters. The van der Waals surface area contributed by atoms with E-state index >= 15 is 0 Å². The van der Waals surface area contributed by atoms with E-state index in [2.05, 4.69) is 20.5 Å². The maximum atomic E-state index is 12.4. The number of aromatic nitrogens is 4. The predicted molar refractivity (Wildman–Crippen MR) is 178 cm³/mol. The first-order chi connectivity index (χ1) is 20.0. The van der Waals surface area contributed by atoms with Crippen LogP contribution in [0.2, 0.25) is 0 Å². The Hall–Kier alpha value is -2.51. The third-order valence-corrected chi connectivity index (χ3v) is 9.33. The van der Waals surface area contributed by atoms with E-state index in [4.69, 9.17) is 25.5 Å². The Morgan fingerprint density at radius 3 is 2.28 bits per heavy atom. The van der Waals surface area contributed by atoms with Gasteiger partial charge in [-0.15, -0.1) is 41.6 Å². The number of carbonyl (C=O) groups is 1. The molecular formula is C29H43Cl2N9O2S. The largest absolute Gasteiger partial charge is 0.430 e. The van der Waals surface area contributed by atoms with Crippen LogP contribution in [0.1, 0.15) is 70.3 Å². The summed E-state index contributed by atoms with van der Waals surface area (Å²) in [5, 5.41) is 11.8. The van der Waals surface area contributed by atoms with Gasteiger partial charge in [-0.05, 0) is 81.9 Å². The van der Waals surface area contributed by atoms with Gasteiger partial charge in [0.25, 0.3) is 0 Å². The van der Waals surface area contributed by atoms with Crippen molar-refractivity contribution in [2.45, 2.75) is 93.3 Å². The summed E-state index contributed by atoms with van der Waals surface area (Å²) >= 11 is 1.66. The number of piperidine rings is 1. The highest BCUT2D eigenvalue weighted by molar-refractivity contribution is 7.98. The number of thioether (sulfide) groups is 1. The summed E-state index contributed by atoms with van der Waals surface area (Å²) in [5.74, 6) is 1.43. The monoisotopic (exact) mass is 651 g/mol. The molecule has 1 aliphatic heterocycles. The smallest absolute Gasteiger partial charge is 0.365 e. The molecule has 5 N–H and O–H groups in total. The fraction of sp³-hybridized carbons (Fsp3) is 0.586. The lowest BCUT2D eigenvalue weighted by Gasteiger charge is -2.31. The second kappa shape index (κ2) is 15.5. The van der Waals surface area contributed by atoms with E-state index in [1.807, 2.05) is 36.8 Å². The lowest BCUT2D eigenvalue weighted by atomic mass is 9.92. The van der Waals surface area contributed by atoms with Gasteiger partial charge in [-0.3, -0.25) is 5.32 Å². The van der Waals surface area contributed by atoms with Gasteiger partial charge < -0.3 is 25.8 Å². The Bertz CT molecular complexity index is 1320. The Balaban J connectivity index is 0.00000212. The van der Waals surface area contributed by atoms with Crippen molar-refractivity contribution in [3.63, 3.8) is 0 Å². The Kier molecular flexibility index (Phi) is 12.0. The molecule has 1 amide bonds. The van der Waals surface area contributed by atoms with Crippen LogP contribution in [0.5, 0.6) is 0 Å². The summed E-state index contributed by atoms with van der Waals surface area (Å²) in [7, 11) is 0. The number of hydrogen-bond acceptors (Lipinski definition) is 10. The topological polar surface area (TPSA) is 135 Å². The number of hydrogen-bond donors (Lipinski definition) is 4. The molecule has 0 bridgehead atoms. The van der Waals surface area contributed by atoms with Crippen molar-refractivity contribution in [3.8, 4) is 0 Å². The minimum absolute atomic E-state index is 0. The molecule has 3 heterocycles. The second-order valence-electron chi connectivity index (χ2n) is 11.5. The molecule has 2 aromatic heterocycles. The van der Waals surface area contributed by atoms with E-state index in [0.29, 0.717) is 37.2 Å². The van der Waals surface area contributed by atoms with Crippen LogP contribution in [0.4, 0.5) is 22.2 Å². The number of halogens is 2. The molecule has 3 aromatic rings. The highest BCUT2D eigenvalue weighted by Crippen LogP contribution is 2.34. The van der Waals surface area contributed by atoms with Crippen LogP contribution in [0.25, 0.3) is 11.2 Å². The Labute approximate surface area is 269 Å². The molecule has 14 heteroatoms. The average molecular weight is 653 g/mol. The van der Waals surface area contributed by atoms with E-state index < -0.39 is 6.09 Å². The molecule has 0 spiro atoms. The van der Waals surface area contributed by atoms with Crippen molar-refractivity contribution in [2.75, 3.05) is 35.3 Å². The number of fused-ring (bicyclic) bond motifs is 1. The Morgan fingerprint density at radius 1 is 0.930 bits per heavy atom. The molecule has 2 aliphatic carbocycles. The second-order valence-corrected chi connectivity index (χ2v) is 12.4. The van der Waals surface area contributed by atoms with Gasteiger partial charge in [0.15, 0.2) is 17.0 Å². The van der Waals surface area contributed by atoms with E-state index in [0.717, 1.165) is 78.9 Å². The summed E-state index contributed by atoms with van der Waals surface area (Å²) in [4.78, 5) is 33.8. The fourth-order valence-corrected chi connectivity index (χ4v) is 6.60. The molecule has 1 saturated heterocycles. The van der Waals surface area contributed by atoms with Gasteiger partial charge in [-0.1, -0.05) is 12.8 Å². The van der Waals surface area contributed by atoms with Crippen molar-refractivity contribution in [1.82, 2.24) is 24.6 Å². The number of carbonyl (C=O) groups excluding carboxylic acids is 1. The molecule has 236 valence electrons. The SMILES string of the molecule is CSc1ccc(NC(=O)ON2CCC(Nc3nc(N[C@H]4CC[C@H](N)CC4)nc4c3ncn4C3CCCC3)CC2)cc1.Cl.Cl. The third kappa shape index (κ3) is 8.36. The van der Waals surface area contributed by atoms with Crippen molar-refractivity contribution in [2.24, 2.45) is 5.73 Å². The molecule has 3 fully saturated rings. The number of anilines is 3. The number of nitrogens with zero attached hydrogens (tertiary/aromatic N) is 5. The first kappa shape index (κ1) is 33.4. The highest BCUT2D eigenvalue weighted by atomic mass is 35.5. The van der Waals surface area contributed by atoms with E-state index in [-0.39, 0.29) is 30.9 Å². The summed E-state index contributed by atoms with van der Waals surface area (Å²) in [6, 6.07) is 8.97. The maximum absolute atomic E-state index is 12.4. The first-order valence-corrected chi connectivity index (χ1v) is 16.2. The molecule has 3 aliphatic rings. The van der Waals surface area contributed by atoms with Crippen molar-refractivity contribution in [3.05, 3.63) is 30.6 Å². The quantitative estimate of drug-likeness (QED) is 0.208. The van der Waals surface area contributed by atoms with Crippen LogP contribution in [-0.2, 0) is 4.84 Å². The van der Waals surface area contributed by atoms with Gasteiger partial charge in [0.1, 0.15) is 0 Å². The molecule has 2 saturated carbocycles. The summed E-state index contributed by atoms with van der Waals surface area (Å²) in [6.45, 7) is 1.27. The summed E-state index contributed by atoms with van der Waals surface area (Å²) in [5.41, 5.74) is 8.56. The van der Waals surface area contributed by atoms with Gasteiger partial charge in [0.2, 0.25) is 5.95 Å². The molecule has 0 radical (unpaired) electrons. The lowest BCUT2D eigenvalue weighted by Crippen LogP contribution is -2.41. The average Bonchev–Trinajstić information content (AvgIpc) is 3.66. The zero-order valence-corrected chi connectivity index (χ0v) is 27.0. The van der Waals surface area contributed by atoms with Gasteiger partial charge in [-0.2, -0.15) is 9.97 Å². The summed E-state index contributed by atoms with van der Waals surface area (Å²) in [6.07, 6.45) is 14.0. The first-order valence-electron chi connectivity index (χ1n) is 14.9.